The lowest BCUT2D eigenvalue weighted by molar-refractivity contribution is -0.442. The number of carboxylic acid groups (broad SMARTS) is 1. The summed E-state index contributed by atoms with van der Waals surface area (Å²) in [4.78, 5) is 12.9. The maximum atomic E-state index is 10.5. The molecule has 0 fully saturated rings. The van der Waals surface area contributed by atoms with Crippen molar-refractivity contribution in [1.29, 1.82) is 0 Å². The molecule has 0 aromatic heterocycles. The molecule has 0 amide bonds. The zero-order valence-corrected chi connectivity index (χ0v) is 34.7. The van der Waals surface area contributed by atoms with Crippen molar-refractivity contribution < 1.29 is 52.4 Å². The van der Waals surface area contributed by atoms with Crippen LogP contribution in [0.15, 0.2) is 84.6 Å². The highest BCUT2D eigenvalue weighted by Gasteiger charge is 2.44. The summed E-state index contributed by atoms with van der Waals surface area (Å²) in [7, 11) is 1.66. The third kappa shape index (κ3) is 14.3. The van der Waals surface area contributed by atoms with E-state index in [9.17, 15) is 4.79 Å². The lowest BCUT2D eigenvalue weighted by atomic mass is 9.81. The van der Waals surface area contributed by atoms with E-state index in [1.165, 1.54) is 33.9 Å². The van der Waals surface area contributed by atoms with Gasteiger partial charge in [0.05, 0.1) is 104 Å². The summed E-state index contributed by atoms with van der Waals surface area (Å²) in [6, 6.07) is 17.2. The van der Waals surface area contributed by atoms with E-state index in [0.29, 0.717) is 92.5 Å². The first-order chi connectivity index (χ1) is 27.7. The van der Waals surface area contributed by atoms with Crippen LogP contribution in [0.25, 0.3) is 0 Å². The second-order valence-electron chi connectivity index (χ2n) is 14.7. The molecule has 2 aliphatic rings. The number of benzene rings is 2. The topological polar surface area (TPSA) is 117 Å². The van der Waals surface area contributed by atoms with Gasteiger partial charge in [-0.25, -0.2) is 0 Å². The minimum absolute atomic E-state index is 0.00422. The molecule has 2 aromatic carbocycles. The minimum Gasteiger partial charge on any atom is -0.481 e. The molecule has 0 radical (unpaired) electrons. The number of fused-ring (bicyclic) bond motifs is 2. The summed E-state index contributed by atoms with van der Waals surface area (Å²) in [5.41, 5.74) is 7.17. The summed E-state index contributed by atoms with van der Waals surface area (Å²) in [6.45, 7) is 17.9. The van der Waals surface area contributed by atoms with Crippen LogP contribution in [0, 0.1) is 0 Å². The molecule has 0 bridgehead atoms. The van der Waals surface area contributed by atoms with E-state index in [-0.39, 0.29) is 23.9 Å². The summed E-state index contributed by atoms with van der Waals surface area (Å²) < 4.78 is 46.7. The molecule has 12 nitrogen and oxygen atoms in total. The standard InChI is InChI=1S/C45H64N2O10/c1-44(2)37-13-9-11-15-39(37)46(20-23-52-28-31-56-34-33-54-26-25-50-5)41(44)17-7-6-8-18-42-45(3,4)38-14-10-12-16-40(38)47(42)21-24-53-29-32-57-36-35-55-30-27-51-22-19-43(48)49/h6-18H,19-36H2,1-5H3/p+1. The van der Waals surface area contributed by atoms with Gasteiger partial charge in [0.2, 0.25) is 5.69 Å². The number of anilines is 1. The van der Waals surface area contributed by atoms with Crippen LogP contribution in [0.1, 0.15) is 45.2 Å². The SMILES string of the molecule is COCCOCCOCCOCC[N+]1=C(\C=C/C=C\C=C2\N(CCOCCOCCOCCOCCC(=O)O)c3ccccc3C2(C)C)C(C)(C)c2ccccc21. The van der Waals surface area contributed by atoms with E-state index in [2.05, 4.69) is 116 Å². The van der Waals surface area contributed by atoms with Crippen molar-refractivity contribution in [2.45, 2.75) is 44.9 Å². The van der Waals surface area contributed by atoms with Gasteiger partial charge in [0.1, 0.15) is 6.61 Å². The van der Waals surface area contributed by atoms with Gasteiger partial charge >= 0.3 is 5.97 Å². The van der Waals surface area contributed by atoms with Gasteiger partial charge in [-0.1, -0.05) is 68.5 Å². The third-order valence-corrected chi connectivity index (χ3v) is 10.00. The fraction of sp³-hybridized carbons (Fsp3) is 0.556. The first kappa shape index (κ1) is 46.0. The van der Waals surface area contributed by atoms with Gasteiger partial charge in [-0.15, -0.1) is 0 Å². The third-order valence-electron chi connectivity index (χ3n) is 10.00. The number of para-hydroxylation sites is 2. The highest BCUT2D eigenvalue weighted by Crippen LogP contribution is 2.47. The van der Waals surface area contributed by atoms with E-state index < -0.39 is 5.97 Å². The molecule has 12 heteroatoms. The van der Waals surface area contributed by atoms with Crippen molar-refractivity contribution in [3.8, 4) is 0 Å². The van der Waals surface area contributed by atoms with E-state index in [0.717, 1.165) is 13.1 Å². The van der Waals surface area contributed by atoms with E-state index in [1.807, 2.05) is 0 Å². The predicted octanol–water partition coefficient (Wildman–Crippen LogP) is 6.09. The maximum Gasteiger partial charge on any atom is 0.305 e. The molecule has 0 spiro atoms. The van der Waals surface area contributed by atoms with Crippen LogP contribution in [0.2, 0.25) is 0 Å². The van der Waals surface area contributed by atoms with E-state index >= 15 is 0 Å². The Balaban J connectivity index is 1.28. The highest BCUT2D eigenvalue weighted by atomic mass is 16.6. The smallest absolute Gasteiger partial charge is 0.305 e. The molecule has 2 aliphatic heterocycles. The number of hydrogen-bond donors (Lipinski definition) is 1. The van der Waals surface area contributed by atoms with Crippen molar-refractivity contribution >= 4 is 23.1 Å². The van der Waals surface area contributed by atoms with Gasteiger partial charge < -0.3 is 47.9 Å². The van der Waals surface area contributed by atoms with Crippen LogP contribution in [-0.2, 0) is 53.5 Å². The molecular weight excluding hydrogens is 728 g/mol. The zero-order chi connectivity index (χ0) is 40.8. The number of carbonyl (C=O) groups is 1. The first-order valence-corrected chi connectivity index (χ1v) is 20.1. The summed E-state index contributed by atoms with van der Waals surface area (Å²) in [6.07, 6.45) is 10.8. The highest BCUT2D eigenvalue weighted by molar-refractivity contribution is 6.03. The van der Waals surface area contributed by atoms with Gasteiger partial charge in [-0.05, 0) is 31.6 Å². The Bertz CT molecular complexity index is 1630. The molecule has 314 valence electrons. The minimum atomic E-state index is -0.870. The average molecular weight is 794 g/mol. The van der Waals surface area contributed by atoms with Crippen LogP contribution >= 0.6 is 0 Å². The van der Waals surface area contributed by atoms with Crippen LogP contribution in [-0.4, -0.2) is 141 Å². The molecule has 1 N–H and O–H groups in total. The second kappa shape index (κ2) is 24.9. The molecular formula is C45H65N2O10+. The van der Waals surface area contributed by atoms with Crippen molar-refractivity contribution in [3.63, 3.8) is 0 Å². The molecule has 0 saturated carbocycles. The number of rotatable bonds is 30. The molecule has 2 heterocycles. The van der Waals surface area contributed by atoms with Crippen molar-refractivity contribution in [3.05, 3.63) is 95.7 Å². The number of ether oxygens (including phenoxy) is 8. The number of allylic oxidation sites excluding steroid dienone is 6. The van der Waals surface area contributed by atoms with E-state index in [4.69, 9.17) is 43.0 Å². The molecule has 2 aromatic rings. The fourth-order valence-corrected chi connectivity index (χ4v) is 7.04. The van der Waals surface area contributed by atoms with E-state index in [1.54, 1.807) is 7.11 Å². The lowest BCUT2D eigenvalue weighted by Crippen LogP contribution is -2.29. The summed E-state index contributed by atoms with van der Waals surface area (Å²) >= 11 is 0. The Morgan fingerprint density at radius 3 is 1.77 bits per heavy atom. The van der Waals surface area contributed by atoms with Crippen molar-refractivity contribution in [2.75, 3.05) is 124 Å². The first-order valence-electron chi connectivity index (χ1n) is 20.1. The summed E-state index contributed by atoms with van der Waals surface area (Å²) in [5, 5.41) is 8.63. The van der Waals surface area contributed by atoms with Crippen LogP contribution < -0.4 is 4.90 Å². The zero-order valence-electron chi connectivity index (χ0n) is 34.7. The van der Waals surface area contributed by atoms with Gasteiger partial charge in [0.25, 0.3) is 0 Å². The van der Waals surface area contributed by atoms with Gasteiger partial charge in [0.15, 0.2) is 12.3 Å². The van der Waals surface area contributed by atoms with Gasteiger partial charge in [-0.3, -0.25) is 4.79 Å². The Labute approximate surface area is 339 Å². The molecule has 0 atom stereocenters. The van der Waals surface area contributed by atoms with Crippen molar-refractivity contribution in [1.82, 2.24) is 0 Å². The maximum absolute atomic E-state index is 10.5. The second-order valence-corrected chi connectivity index (χ2v) is 14.7. The van der Waals surface area contributed by atoms with Gasteiger partial charge in [0, 0.05) is 48.2 Å². The van der Waals surface area contributed by atoms with Gasteiger partial charge in [-0.2, -0.15) is 4.58 Å². The van der Waals surface area contributed by atoms with Crippen LogP contribution in [0.3, 0.4) is 0 Å². The number of hydrogen-bond acceptors (Lipinski definition) is 10. The fourth-order valence-electron chi connectivity index (χ4n) is 7.04. The number of carboxylic acids is 1. The quantitative estimate of drug-likeness (QED) is 0.0563. The number of nitrogens with zero attached hydrogens (tertiary/aromatic N) is 2. The van der Waals surface area contributed by atoms with Crippen LogP contribution in [0.5, 0.6) is 0 Å². The largest absolute Gasteiger partial charge is 0.481 e. The molecule has 4 rings (SSSR count). The predicted molar refractivity (Wildman–Crippen MR) is 222 cm³/mol. The average Bonchev–Trinajstić information content (AvgIpc) is 3.54. The monoisotopic (exact) mass is 793 g/mol. The summed E-state index contributed by atoms with van der Waals surface area (Å²) in [5.74, 6) is -0.870. The molecule has 0 aliphatic carbocycles. The Kier molecular flexibility index (Phi) is 20.1. The normalized spacial score (nSPS) is 16.4. The molecule has 57 heavy (non-hydrogen) atoms. The number of aliphatic carboxylic acids is 1. The molecule has 0 unspecified atom stereocenters. The Morgan fingerprint density at radius 1 is 0.632 bits per heavy atom. The molecule has 0 saturated heterocycles. The van der Waals surface area contributed by atoms with Crippen molar-refractivity contribution in [2.24, 2.45) is 0 Å². The lowest BCUT2D eigenvalue weighted by Gasteiger charge is -2.27. The Hall–Kier alpha value is -3.72. The Morgan fingerprint density at radius 2 is 1.16 bits per heavy atom. The van der Waals surface area contributed by atoms with Crippen LogP contribution in [0.4, 0.5) is 11.4 Å². The number of methoxy groups -OCH3 is 1.